The van der Waals surface area contributed by atoms with Gasteiger partial charge in [0, 0.05) is 18.1 Å². The van der Waals surface area contributed by atoms with E-state index in [4.69, 9.17) is 21.1 Å². The van der Waals surface area contributed by atoms with Gasteiger partial charge in [-0.15, -0.1) is 0 Å². The summed E-state index contributed by atoms with van der Waals surface area (Å²) in [5.74, 6) is 2.07. The molecule has 1 aliphatic heterocycles. The van der Waals surface area contributed by atoms with Crippen LogP contribution in [0.2, 0.25) is 5.02 Å². The number of rotatable bonds is 8. The Labute approximate surface area is 199 Å². The number of benzene rings is 2. The maximum Gasteiger partial charge on any atom is 0.290 e. The molecule has 2 heterocycles. The predicted molar refractivity (Wildman–Crippen MR) is 128 cm³/mol. The number of anilines is 1. The highest BCUT2D eigenvalue weighted by Gasteiger charge is 2.24. The minimum atomic E-state index is -0.375. The molecule has 0 unspecified atom stereocenters. The number of carbonyl (C=O) groups is 2. The Balaban J connectivity index is 1.29. The second kappa shape index (κ2) is 10.4. The summed E-state index contributed by atoms with van der Waals surface area (Å²) in [6, 6.07) is 16.1. The summed E-state index contributed by atoms with van der Waals surface area (Å²) < 4.78 is 11.6. The van der Waals surface area contributed by atoms with Crippen LogP contribution in [0.1, 0.15) is 5.56 Å². The number of hydrogen-bond acceptors (Lipinski definition) is 8. The van der Waals surface area contributed by atoms with E-state index in [1.54, 1.807) is 36.4 Å². The average Bonchev–Trinajstić information content (AvgIpc) is 3.13. The van der Waals surface area contributed by atoms with Crippen molar-refractivity contribution in [2.24, 2.45) is 0 Å². The van der Waals surface area contributed by atoms with Crippen molar-refractivity contribution in [3.63, 3.8) is 0 Å². The quantitative estimate of drug-likeness (QED) is 0.459. The van der Waals surface area contributed by atoms with Gasteiger partial charge in [0.2, 0.25) is 5.88 Å². The molecule has 0 atom stereocenters. The first-order valence-electron chi connectivity index (χ1n) is 9.90. The van der Waals surface area contributed by atoms with Crippen LogP contribution in [0.4, 0.5) is 10.6 Å². The van der Waals surface area contributed by atoms with E-state index in [0.717, 1.165) is 17.3 Å². The fourth-order valence-corrected chi connectivity index (χ4v) is 3.67. The highest BCUT2D eigenvalue weighted by molar-refractivity contribution is 8.18. The third-order valence-electron chi connectivity index (χ3n) is 4.57. The molecular formula is C23H19ClN4O4S. The molecule has 0 radical (unpaired) electrons. The van der Waals surface area contributed by atoms with Crippen LogP contribution >= 0.6 is 23.4 Å². The first-order valence-corrected chi connectivity index (χ1v) is 11.1. The van der Waals surface area contributed by atoms with Crippen LogP contribution in [0.5, 0.6) is 17.4 Å². The lowest BCUT2D eigenvalue weighted by Crippen LogP contribution is -2.24. The van der Waals surface area contributed by atoms with Crippen LogP contribution in [-0.2, 0) is 4.79 Å². The van der Waals surface area contributed by atoms with E-state index in [0.29, 0.717) is 46.3 Å². The topological polar surface area (TPSA) is 93.7 Å². The molecule has 2 aromatic carbocycles. The zero-order valence-electron chi connectivity index (χ0n) is 17.5. The number of ether oxygens (including phenoxy) is 2. The summed E-state index contributed by atoms with van der Waals surface area (Å²) in [6.45, 7) is 1.02. The maximum atomic E-state index is 11.6. The van der Waals surface area contributed by atoms with Gasteiger partial charge in [0.15, 0.2) is 0 Å². The number of aromatic nitrogens is 2. The van der Waals surface area contributed by atoms with Crippen LogP contribution in [0, 0.1) is 0 Å². The van der Waals surface area contributed by atoms with Crippen molar-refractivity contribution in [2.75, 3.05) is 25.1 Å². The lowest BCUT2D eigenvalue weighted by atomic mass is 10.2. The van der Waals surface area contributed by atoms with E-state index >= 15 is 0 Å². The molecule has 0 saturated carbocycles. The Morgan fingerprint density at radius 2 is 1.79 bits per heavy atom. The van der Waals surface area contributed by atoms with Crippen LogP contribution < -0.4 is 19.7 Å². The van der Waals surface area contributed by atoms with Crippen molar-refractivity contribution in [1.82, 2.24) is 15.3 Å². The monoisotopic (exact) mass is 482 g/mol. The highest BCUT2D eigenvalue weighted by Crippen LogP contribution is 2.26. The number of likely N-dealkylation sites (N-methyl/N-ethyl adjacent to an activating group) is 1. The first-order chi connectivity index (χ1) is 16.0. The number of amides is 2. The number of halogens is 1. The second-order valence-corrected chi connectivity index (χ2v) is 8.41. The molecule has 0 spiro atoms. The minimum absolute atomic E-state index is 0.359. The zero-order valence-corrected chi connectivity index (χ0v) is 19.1. The Morgan fingerprint density at radius 1 is 1.06 bits per heavy atom. The van der Waals surface area contributed by atoms with Crippen LogP contribution in [0.15, 0.2) is 65.8 Å². The molecule has 4 rings (SSSR count). The van der Waals surface area contributed by atoms with Crippen LogP contribution in [0.3, 0.4) is 0 Å². The van der Waals surface area contributed by atoms with Gasteiger partial charge >= 0.3 is 0 Å². The zero-order chi connectivity index (χ0) is 23.2. The van der Waals surface area contributed by atoms with E-state index in [2.05, 4.69) is 15.3 Å². The molecule has 10 heteroatoms. The Morgan fingerprint density at radius 3 is 2.48 bits per heavy atom. The summed E-state index contributed by atoms with van der Waals surface area (Å²) in [4.78, 5) is 33.6. The maximum absolute atomic E-state index is 11.6. The number of hydrogen-bond donors (Lipinski definition) is 1. The van der Waals surface area contributed by atoms with Gasteiger partial charge in [0.05, 0.1) is 11.4 Å². The van der Waals surface area contributed by atoms with Gasteiger partial charge in [-0.25, -0.2) is 9.97 Å². The van der Waals surface area contributed by atoms with E-state index in [1.165, 1.54) is 6.33 Å². The molecule has 8 nitrogen and oxygen atoms in total. The van der Waals surface area contributed by atoms with Gasteiger partial charge in [0.1, 0.15) is 30.3 Å². The summed E-state index contributed by atoms with van der Waals surface area (Å²) in [7, 11) is 1.90. The smallest absolute Gasteiger partial charge is 0.290 e. The van der Waals surface area contributed by atoms with E-state index in [9.17, 15) is 9.59 Å². The second-order valence-electron chi connectivity index (χ2n) is 6.96. The number of nitrogens with zero attached hydrogens (tertiary/aromatic N) is 3. The van der Waals surface area contributed by atoms with E-state index in [-0.39, 0.29) is 11.1 Å². The lowest BCUT2D eigenvalue weighted by Gasteiger charge is -2.18. The van der Waals surface area contributed by atoms with Crippen molar-refractivity contribution in [3.05, 3.63) is 76.4 Å². The van der Waals surface area contributed by atoms with Gasteiger partial charge < -0.3 is 14.4 Å². The molecule has 2 amide bonds. The van der Waals surface area contributed by atoms with Gasteiger partial charge in [-0.05, 0) is 59.8 Å². The molecule has 1 aliphatic rings. The predicted octanol–water partition coefficient (Wildman–Crippen LogP) is 4.76. The summed E-state index contributed by atoms with van der Waals surface area (Å²) >= 11 is 6.79. The fraction of sp³-hybridized carbons (Fsp3) is 0.130. The van der Waals surface area contributed by atoms with Gasteiger partial charge in [-0.2, -0.15) is 0 Å². The van der Waals surface area contributed by atoms with Gasteiger partial charge in [-0.1, -0.05) is 23.7 Å². The average molecular weight is 483 g/mol. The van der Waals surface area contributed by atoms with E-state index in [1.807, 2.05) is 36.2 Å². The standard InChI is InChI=1S/C23H19ClN4O4S/c1-28(20-13-21(26-14-25-20)32-18-8-4-16(24)5-9-18)10-11-31-17-6-2-15(3-7-17)12-19-22(29)27-23(30)33-19/h2-9,12-14H,10-11H2,1H3,(H,27,29,30)/b19-12+. The minimum Gasteiger partial charge on any atom is -0.492 e. The highest BCUT2D eigenvalue weighted by atomic mass is 35.5. The Kier molecular flexibility index (Phi) is 7.11. The van der Waals surface area contributed by atoms with Crippen molar-refractivity contribution < 1.29 is 19.1 Å². The fourth-order valence-electron chi connectivity index (χ4n) is 2.87. The van der Waals surface area contributed by atoms with Crippen molar-refractivity contribution >= 4 is 46.4 Å². The lowest BCUT2D eigenvalue weighted by molar-refractivity contribution is -0.115. The summed E-state index contributed by atoms with van der Waals surface area (Å²) in [6.07, 6.45) is 3.11. The molecular weight excluding hydrogens is 464 g/mol. The Bertz CT molecular complexity index is 1190. The molecule has 0 bridgehead atoms. The van der Waals surface area contributed by atoms with Gasteiger partial charge in [-0.3, -0.25) is 14.9 Å². The third kappa shape index (κ3) is 6.24. The van der Waals surface area contributed by atoms with Crippen LogP contribution in [-0.4, -0.2) is 41.3 Å². The first kappa shape index (κ1) is 22.6. The molecule has 33 heavy (non-hydrogen) atoms. The van der Waals surface area contributed by atoms with Gasteiger partial charge in [0.25, 0.3) is 11.1 Å². The van der Waals surface area contributed by atoms with Crippen molar-refractivity contribution in [1.29, 1.82) is 0 Å². The molecule has 1 N–H and O–H groups in total. The third-order valence-corrected chi connectivity index (χ3v) is 5.63. The van der Waals surface area contributed by atoms with Crippen molar-refractivity contribution in [2.45, 2.75) is 0 Å². The molecule has 0 aliphatic carbocycles. The number of imide groups is 1. The van der Waals surface area contributed by atoms with Crippen LogP contribution in [0.25, 0.3) is 6.08 Å². The van der Waals surface area contributed by atoms with E-state index < -0.39 is 0 Å². The van der Waals surface area contributed by atoms with Crippen molar-refractivity contribution in [3.8, 4) is 17.4 Å². The Hall–Kier alpha value is -3.56. The summed E-state index contributed by atoms with van der Waals surface area (Å²) in [5, 5.41) is 2.51. The molecule has 168 valence electrons. The molecule has 1 saturated heterocycles. The molecule has 1 fully saturated rings. The summed E-state index contributed by atoms with van der Waals surface area (Å²) in [5.41, 5.74) is 0.807. The number of carbonyl (C=O) groups excluding carboxylic acids is 2. The molecule has 1 aromatic heterocycles. The largest absolute Gasteiger partial charge is 0.492 e. The normalized spacial score (nSPS) is 14.3. The molecule has 3 aromatic rings. The number of thioether (sulfide) groups is 1. The number of nitrogens with one attached hydrogen (secondary N) is 1. The SMILES string of the molecule is CN(CCOc1ccc(/C=C2/SC(=O)NC2=O)cc1)c1cc(Oc2ccc(Cl)cc2)ncn1.